The molecule has 2 rings (SSSR count). The predicted molar refractivity (Wildman–Crippen MR) is 72.0 cm³/mol. The molecule has 0 radical (unpaired) electrons. The molecular weight excluding hydrogens is 250 g/mol. The molecule has 6 heteroatoms. The van der Waals surface area contributed by atoms with Crippen LogP contribution in [0.25, 0.3) is 5.69 Å². The van der Waals surface area contributed by atoms with Crippen molar-refractivity contribution in [2.75, 3.05) is 24.7 Å². The first-order valence-electron chi connectivity index (χ1n) is 5.27. The Morgan fingerprint density at radius 1 is 1.39 bits per heavy atom. The van der Waals surface area contributed by atoms with Gasteiger partial charge >= 0.3 is 0 Å². The van der Waals surface area contributed by atoms with Crippen LogP contribution in [-0.4, -0.2) is 23.9 Å². The van der Waals surface area contributed by atoms with E-state index in [1.807, 2.05) is 12.1 Å². The quantitative estimate of drug-likeness (QED) is 0.898. The van der Waals surface area contributed by atoms with Crippen LogP contribution >= 0.6 is 11.6 Å². The minimum atomic E-state index is 0.286. The van der Waals surface area contributed by atoms with E-state index in [1.54, 1.807) is 31.1 Å². The summed E-state index contributed by atoms with van der Waals surface area (Å²) in [7, 11) is 3.61. The van der Waals surface area contributed by atoms with Crippen molar-refractivity contribution in [3.8, 4) is 11.8 Å². The van der Waals surface area contributed by atoms with Gasteiger partial charge in [0, 0.05) is 14.1 Å². The van der Waals surface area contributed by atoms with E-state index in [0.717, 1.165) is 0 Å². The zero-order valence-electron chi connectivity index (χ0n) is 10.1. The zero-order chi connectivity index (χ0) is 13.3. The first-order chi connectivity index (χ1) is 8.56. The normalized spacial score (nSPS) is 10.1. The minimum absolute atomic E-state index is 0.286. The lowest BCUT2D eigenvalue weighted by Gasteiger charge is -2.08. The SMILES string of the molecule is CN(C)c1nn(-c2ccccc2Cl)c(N)c1C#N. The molecule has 1 aromatic carbocycles. The summed E-state index contributed by atoms with van der Waals surface area (Å²) in [5, 5.41) is 14.0. The van der Waals surface area contributed by atoms with E-state index in [0.29, 0.717) is 22.1 Å². The number of benzene rings is 1. The number of hydrogen-bond donors (Lipinski definition) is 1. The lowest BCUT2D eigenvalue weighted by Crippen LogP contribution is -2.11. The number of nitrogen functional groups attached to an aromatic ring is 1. The molecule has 2 N–H and O–H groups in total. The molecular formula is C12H12ClN5. The molecule has 1 aromatic heterocycles. The Labute approximate surface area is 110 Å². The highest BCUT2D eigenvalue weighted by Crippen LogP contribution is 2.28. The summed E-state index contributed by atoms with van der Waals surface area (Å²) in [6, 6.07) is 9.27. The maximum Gasteiger partial charge on any atom is 0.170 e. The minimum Gasteiger partial charge on any atom is -0.382 e. The number of hydrogen-bond acceptors (Lipinski definition) is 4. The molecule has 0 aliphatic rings. The van der Waals surface area contributed by atoms with Gasteiger partial charge in [-0.15, -0.1) is 5.10 Å². The lowest BCUT2D eigenvalue weighted by molar-refractivity contribution is 0.875. The predicted octanol–water partition coefficient (Wildman–Crippen LogP) is 2.05. The van der Waals surface area contributed by atoms with Crippen LogP contribution < -0.4 is 10.6 Å². The topological polar surface area (TPSA) is 70.9 Å². The molecule has 2 aromatic rings. The number of para-hydroxylation sites is 1. The van der Waals surface area contributed by atoms with Gasteiger partial charge in [0.2, 0.25) is 0 Å². The van der Waals surface area contributed by atoms with Crippen molar-refractivity contribution in [3.05, 3.63) is 34.9 Å². The Kier molecular flexibility index (Phi) is 3.13. The fourth-order valence-corrected chi connectivity index (χ4v) is 1.86. The van der Waals surface area contributed by atoms with Gasteiger partial charge in [-0.1, -0.05) is 23.7 Å². The molecule has 18 heavy (non-hydrogen) atoms. The Hall–Kier alpha value is -2.19. The third-order valence-electron chi connectivity index (χ3n) is 2.52. The highest BCUT2D eigenvalue weighted by molar-refractivity contribution is 6.32. The average Bonchev–Trinajstić information content (AvgIpc) is 2.67. The van der Waals surface area contributed by atoms with Gasteiger partial charge < -0.3 is 10.6 Å². The summed E-state index contributed by atoms with van der Waals surface area (Å²) >= 11 is 6.10. The van der Waals surface area contributed by atoms with Crippen molar-refractivity contribution >= 4 is 23.2 Å². The van der Waals surface area contributed by atoms with Crippen molar-refractivity contribution in [2.24, 2.45) is 0 Å². The number of nitrogens with two attached hydrogens (primary N) is 1. The van der Waals surface area contributed by atoms with Gasteiger partial charge in [-0.3, -0.25) is 0 Å². The van der Waals surface area contributed by atoms with Crippen molar-refractivity contribution in [2.45, 2.75) is 0 Å². The zero-order valence-corrected chi connectivity index (χ0v) is 10.8. The highest BCUT2D eigenvalue weighted by atomic mass is 35.5. The second kappa shape index (κ2) is 4.59. The number of nitriles is 1. The Morgan fingerprint density at radius 3 is 2.56 bits per heavy atom. The monoisotopic (exact) mass is 261 g/mol. The summed E-state index contributed by atoms with van der Waals surface area (Å²) in [6.45, 7) is 0. The molecule has 0 saturated heterocycles. The molecule has 0 unspecified atom stereocenters. The number of rotatable bonds is 2. The van der Waals surface area contributed by atoms with E-state index >= 15 is 0 Å². The molecule has 0 aliphatic heterocycles. The standard InChI is InChI=1S/C12H12ClN5/c1-17(2)12-8(7-14)11(15)18(16-12)10-6-4-3-5-9(10)13/h3-6H,15H2,1-2H3. The van der Waals surface area contributed by atoms with Gasteiger partial charge in [-0.05, 0) is 12.1 Å². The molecule has 5 nitrogen and oxygen atoms in total. The second-order valence-corrected chi connectivity index (χ2v) is 4.36. The van der Waals surface area contributed by atoms with Gasteiger partial charge in [0.25, 0.3) is 0 Å². The smallest absolute Gasteiger partial charge is 0.170 e. The number of anilines is 2. The molecule has 0 amide bonds. The van der Waals surface area contributed by atoms with Crippen LogP contribution in [0.4, 0.5) is 11.6 Å². The maximum absolute atomic E-state index is 9.13. The van der Waals surface area contributed by atoms with Crippen LogP contribution in [0.3, 0.4) is 0 Å². The van der Waals surface area contributed by atoms with Gasteiger partial charge in [0.05, 0.1) is 10.7 Å². The molecule has 92 valence electrons. The van der Waals surface area contributed by atoms with Crippen molar-refractivity contribution < 1.29 is 0 Å². The summed E-state index contributed by atoms with van der Waals surface area (Å²) in [6.07, 6.45) is 0. The van der Waals surface area contributed by atoms with Crippen LogP contribution in [0.15, 0.2) is 24.3 Å². The summed E-state index contributed by atoms with van der Waals surface area (Å²) in [5.41, 5.74) is 6.95. The summed E-state index contributed by atoms with van der Waals surface area (Å²) in [5.74, 6) is 0.809. The number of halogens is 1. The Morgan fingerprint density at radius 2 is 2.06 bits per heavy atom. The van der Waals surface area contributed by atoms with E-state index in [2.05, 4.69) is 11.2 Å². The maximum atomic E-state index is 9.13. The van der Waals surface area contributed by atoms with E-state index in [4.69, 9.17) is 22.6 Å². The lowest BCUT2D eigenvalue weighted by atomic mass is 10.3. The molecule has 0 fully saturated rings. The third kappa shape index (κ3) is 1.87. The Balaban J connectivity index is 2.68. The second-order valence-electron chi connectivity index (χ2n) is 3.95. The van der Waals surface area contributed by atoms with E-state index in [-0.39, 0.29) is 5.82 Å². The van der Waals surface area contributed by atoms with E-state index < -0.39 is 0 Å². The van der Waals surface area contributed by atoms with Crippen molar-refractivity contribution in [1.29, 1.82) is 5.26 Å². The fraction of sp³-hybridized carbons (Fsp3) is 0.167. The number of nitrogens with zero attached hydrogens (tertiary/aromatic N) is 4. The Bertz CT molecular complexity index is 624. The molecule has 0 aliphatic carbocycles. The highest BCUT2D eigenvalue weighted by Gasteiger charge is 2.18. The summed E-state index contributed by atoms with van der Waals surface area (Å²) < 4.78 is 1.48. The first kappa shape index (κ1) is 12.3. The molecule has 0 atom stereocenters. The van der Waals surface area contributed by atoms with Crippen LogP contribution in [-0.2, 0) is 0 Å². The largest absolute Gasteiger partial charge is 0.382 e. The fourth-order valence-electron chi connectivity index (χ4n) is 1.65. The van der Waals surface area contributed by atoms with Gasteiger partial charge in [-0.25, -0.2) is 4.68 Å². The average molecular weight is 262 g/mol. The van der Waals surface area contributed by atoms with E-state index in [9.17, 15) is 0 Å². The van der Waals surface area contributed by atoms with Gasteiger partial charge in [-0.2, -0.15) is 5.26 Å². The van der Waals surface area contributed by atoms with Crippen molar-refractivity contribution in [1.82, 2.24) is 9.78 Å². The van der Waals surface area contributed by atoms with Crippen LogP contribution in [0.5, 0.6) is 0 Å². The molecule has 0 spiro atoms. The number of aromatic nitrogens is 2. The summed E-state index contributed by atoms with van der Waals surface area (Å²) in [4.78, 5) is 1.74. The van der Waals surface area contributed by atoms with Gasteiger partial charge in [0.15, 0.2) is 5.82 Å². The molecule has 1 heterocycles. The van der Waals surface area contributed by atoms with Crippen LogP contribution in [0.2, 0.25) is 5.02 Å². The molecule has 0 saturated carbocycles. The van der Waals surface area contributed by atoms with Crippen LogP contribution in [0.1, 0.15) is 5.56 Å². The van der Waals surface area contributed by atoms with Gasteiger partial charge in [0.1, 0.15) is 17.5 Å². The van der Waals surface area contributed by atoms with E-state index in [1.165, 1.54) is 4.68 Å². The third-order valence-corrected chi connectivity index (χ3v) is 2.84. The first-order valence-corrected chi connectivity index (χ1v) is 5.65. The van der Waals surface area contributed by atoms with Crippen molar-refractivity contribution in [3.63, 3.8) is 0 Å². The van der Waals surface area contributed by atoms with Crippen LogP contribution in [0, 0.1) is 11.3 Å². The molecule has 0 bridgehead atoms.